The van der Waals surface area contributed by atoms with Crippen LogP contribution in [0.15, 0.2) is 48.5 Å². The van der Waals surface area contributed by atoms with Gasteiger partial charge in [0, 0.05) is 17.7 Å². The number of nitrogens with one attached hydrogen (secondary N) is 1. The topological polar surface area (TPSA) is 83.6 Å². The zero-order valence-electron chi connectivity index (χ0n) is 15.0. The molecule has 26 heavy (non-hydrogen) atoms. The maximum absolute atomic E-state index is 12.1. The van der Waals surface area contributed by atoms with E-state index in [0.29, 0.717) is 16.8 Å². The molecule has 0 heterocycles. The van der Waals surface area contributed by atoms with Crippen LogP contribution in [0.4, 0.5) is 5.69 Å². The molecule has 1 N–H and O–H groups in total. The first-order valence-corrected chi connectivity index (χ1v) is 9.97. The number of hydrogen-bond acceptors (Lipinski definition) is 4. The average Bonchev–Trinajstić information content (AvgIpc) is 2.58. The number of carbonyl (C=O) groups is 2. The van der Waals surface area contributed by atoms with Crippen LogP contribution < -0.4 is 9.62 Å². The number of anilines is 1. The molecule has 2 aromatic carbocycles. The summed E-state index contributed by atoms with van der Waals surface area (Å²) >= 11 is 0. The van der Waals surface area contributed by atoms with Crippen LogP contribution in [-0.2, 0) is 10.0 Å². The number of amides is 1. The smallest absolute Gasteiger partial charge is 0.251 e. The molecule has 0 spiro atoms. The van der Waals surface area contributed by atoms with Crippen LogP contribution in [0.25, 0.3) is 0 Å². The van der Waals surface area contributed by atoms with Crippen molar-refractivity contribution in [3.8, 4) is 0 Å². The highest BCUT2D eigenvalue weighted by Crippen LogP contribution is 2.18. The van der Waals surface area contributed by atoms with E-state index in [9.17, 15) is 18.0 Å². The fraction of sp³-hybridized carbons (Fsp3) is 0.263. The molecule has 6 nitrogen and oxygen atoms in total. The second kappa shape index (κ2) is 8.14. The first kappa shape index (κ1) is 19.7. The minimum Gasteiger partial charge on any atom is -0.350 e. The highest BCUT2D eigenvalue weighted by molar-refractivity contribution is 7.92. The van der Waals surface area contributed by atoms with Crippen molar-refractivity contribution in [1.29, 1.82) is 0 Å². The number of sulfonamides is 1. The molecular formula is C19H22N2O4S. The van der Waals surface area contributed by atoms with Crippen LogP contribution in [0.5, 0.6) is 0 Å². The Morgan fingerprint density at radius 2 is 1.50 bits per heavy atom. The van der Waals surface area contributed by atoms with Gasteiger partial charge < -0.3 is 5.32 Å². The highest BCUT2D eigenvalue weighted by Gasteiger charge is 2.18. The largest absolute Gasteiger partial charge is 0.350 e. The SMILES string of the molecule is CC(=O)c1ccc(N(CCNC(=O)c2ccc(C)cc2)S(C)(=O)=O)cc1. The van der Waals surface area contributed by atoms with Crippen LogP contribution in [0.1, 0.15) is 33.2 Å². The number of ketones is 1. The Kier molecular flexibility index (Phi) is 6.15. The van der Waals surface area contributed by atoms with E-state index >= 15 is 0 Å². The monoisotopic (exact) mass is 374 g/mol. The molecule has 0 radical (unpaired) electrons. The van der Waals surface area contributed by atoms with E-state index in [4.69, 9.17) is 0 Å². The van der Waals surface area contributed by atoms with E-state index in [-0.39, 0.29) is 24.8 Å². The molecule has 0 saturated carbocycles. The lowest BCUT2D eigenvalue weighted by Crippen LogP contribution is -2.38. The molecular weight excluding hydrogens is 352 g/mol. The van der Waals surface area contributed by atoms with E-state index in [0.717, 1.165) is 11.8 Å². The van der Waals surface area contributed by atoms with Crippen molar-refractivity contribution < 1.29 is 18.0 Å². The summed E-state index contributed by atoms with van der Waals surface area (Å²) in [6, 6.07) is 13.5. The molecule has 138 valence electrons. The van der Waals surface area contributed by atoms with Gasteiger partial charge in [-0.25, -0.2) is 8.42 Å². The van der Waals surface area contributed by atoms with Crippen molar-refractivity contribution in [3.05, 3.63) is 65.2 Å². The number of nitrogens with zero attached hydrogens (tertiary/aromatic N) is 1. The molecule has 0 aliphatic rings. The summed E-state index contributed by atoms with van der Waals surface area (Å²) in [7, 11) is -3.52. The molecule has 0 aliphatic carbocycles. The Hall–Kier alpha value is -2.67. The van der Waals surface area contributed by atoms with Gasteiger partial charge in [0.25, 0.3) is 5.91 Å². The summed E-state index contributed by atoms with van der Waals surface area (Å²) < 4.78 is 25.4. The van der Waals surface area contributed by atoms with Gasteiger partial charge in [0.2, 0.25) is 10.0 Å². The minimum absolute atomic E-state index is 0.0900. The minimum atomic E-state index is -3.52. The molecule has 0 unspecified atom stereocenters. The van der Waals surface area contributed by atoms with Crippen LogP contribution in [0.2, 0.25) is 0 Å². The van der Waals surface area contributed by atoms with E-state index in [1.54, 1.807) is 36.4 Å². The summed E-state index contributed by atoms with van der Waals surface area (Å²) in [5.74, 6) is -0.349. The zero-order valence-corrected chi connectivity index (χ0v) is 15.8. The van der Waals surface area contributed by atoms with E-state index in [2.05, 4.69) is 5.32 Å². The third-order valence-electron chi connectivity index (χ3n) is 3.88. The van der Waals surface area contributed by atoms with Crippen LogP contribution >= 0.6 is 0 Å². The number of hydrogen-bond donors (Lipinski definition) is 1. The van der Waals surface area contributed by atoms with Gasteiger partial charge in [0.1, 0.15) is 0 Å². The standard InChI is InChI=1S/C19H22N2O4S/c1-14-4-6-17(7-5-14)19(23)20-12-13-21(26(3,24)25)18-10-8-16(9-11-18)15(2)22/h4-11H,12-13H2,1-3H3,(H,20,23). The summed E-state index contributed by atoms with van der Waals surface area (Å²) in [6.07, 6.45) is 1.10. The van der Waals surface area contributed by atoms with Gasteiger partial charge in [-0.1, -0.05) is 17.7 Å². The van der Waals surface area contributed by atoms with Gasteiger partial charge in [-0.3, -0.25) is 13.9 Å². The Morgan fingerprint density at radius 1 is 0.962 bits per heavy atom. The molecule has 2 aromatic rings. The number of rotatable bonds is 7. The molecule has 1 amide bonds. The molecule has 0 saturated heterocycles. The molecule has 0 aromatic heterocycles. The Labute approximate surface area is 153 Å². The first-order chi connectivity index (χ1) is 12.2. The van der Waals surface area contributed by atoms with Crippen molar-refractivity contribution in [2.24, 2.45) is 0 Å². The molecule has 0 bridgehead atoms. The fourth-order valence-electron chi connectivity index (χ4n) is 2.43. The fourth-order valence-corrected chi connectivity index (χ4v) is 3.35. The van der Waals surface area contributed by atoms with Crippen LogP contribution in [0.3, 0.4) is 0 Å². The van der Waals surface area contributed by atoms with Gasteiger partial charge in [-0.05, 0) is 50.2 Å². The van der Waals surface area contributed by atoms with E-state index in [1.165, 1.54) is 11.2 Å². The molecule has 0 fully saturated rings. The number of aryl methyl sites for hydroxylation is 1. The number of carbonyl (C=O) groups excluding carboxylic acids is 2. The molecule has 0 aliphatic heterocycles. The molecule has 7 heteroatoms. The molecule has 0 atom stereocenters. The summed E-state index contributed by atoms with van der Waals surface area (Å²) in [6.45, 7) is 3.64. The summed E-state index contributed by atoms with van der Waals surface area (Å²) in [5, 5.41) is 2.72. The quantitative estimate of drug-likeness (QED) is 0.754. The van der Waals surface area contributed by atoms with Gasteiger partial charge in [-0.15, -0.1) is 0 Å². The Bertz CT molecular complexity index is 888. The van der Waals surface area contributed by atoms with Crippen molar-refractivity contribution in [1.82, 2.24) is 5.32 Å². The Morgan fingerprint density at radius 3 is 2.00 bits per heavy atom. The zero-order chi connectivity index (χ0) is 19.3. The second-order valence-electron chi connectivity index (χ2n) is 6.06. The normalized spacial score (nSPS) is 11.0. The van der Waals surface area contributed by atoms with Gasteiger partial charge in [0.15, 0.2) is 5.78 Å². The lowest BCUT2D eigenvalue weighted by molar-refractivity contribution is 0.0953. The van der Waals surface area contributed by atoms with Crippen molar-refractivity contribution >= 4 is 27.4 Å². The molecule has 2 rings (SSSR count). The third-order valence-corrected chi connectivity index (χ3v) is 5.07. The van der Waals surface area contributed by atoms with Crippen molar-refractivity contribution in [2.45, 2.75) is 13.8 Å². The predicted octanol–water partition coefficient (Wildman–Crippen LogP) is 2.39. The lowest BCUT2D eigenvalue weighted by atomic mass is 10.1. The third kappa shape index (κ3) is 5.16. The Balaban J connectivity index is 2.06. The van der Waals surface area contributed by atoms with Gasteiger partial charge in [0.05, 0.1) is 18.5 Å². The highest BCUT2D eigenvalue weighted by atomic mass is 32.2. The van der Waals surface area contributed by atoms with E-state index < -0.39 is 10.0 Å². The van der Waals surface area contributed by atoms with Crippen molar-refractivity contribution in [3.63, 3.8) is 0 Å². The van der Waals surface area contributed by atoms with Crippen molar-refractivity contribution in [2.75, 3.05) is 23.7 Å². The second-order valence-corrected chi connectivity index (χ2v) is 7.97. The van der Waals surface area contributed by atoms with Gasteiger partial charge in [-0.2, -0.15) is 0 Å². The van der Waals surface area contributed by atoms with E-state index in [1.807, 2.05) is 19.1 Å². The maximum atomic E-state index is 12.1. The first-order valence-electron chi connectivity index (χ1n) is 8.12. The lowest BCUT2D eigenvalue weighted by Gasteiger charge is -2.22. The van der Waals surface area contributed by atoms with Crippen LogP contribution in [0, 0.1) is 6.92 Å². The average molecular weight is 374 g/mol. The van der Waals surface area contributed by atoms with Gasteiger partial charge >= 0.3 is 0 Å². The summed E-state index contributed by atoms with van der Waals surface area (Å²) in [4.78, 5) is 23.5. The maximum Gasteiger partial charge on any atom is 0.251 e. The number of Topliss-reactive ketones (excluding diaryl/α,β-unsaturated/α-hetero) is 1. The predicted molar refractivity (Wildman–Crippen MR) is 102 cm³/mol. The summed E-state index contributed by atoms with van der Waals surface area (Å²) in [5.41, 5.74) is 2.53. The van der Waals surface area contributed by atoms with Crippen LogP contribution in [-0.4, -0.2) is 39.5 Å². The number of benzene rings is 2.